The smallest absolute Gasteiger partial charge is 0.288 e. The molecule has 0 N–H and O–H groups in total. The average Bonchev–Trinajstić information content (AvgIpc) is 2.35. The number of aromatic nitrogens is 2. The Morgan fingerprint density at radius 3 is 2.42 bits per heavy atom. The van der Waals surface area contributed by atoms with Gasteiger partial charge in [0, 0.05) is 12.4 Å². The molecule has 0 aliphatic heterocycles. The van der Waals surface area contributed by atoms with Crippen molar-refractivity contribution in [3.63, 3.8) is 0 Å². The van der Waals surface area contributed by atoms with Crippen LogP contribution in [-0.2, 0) is 12.0 Å². The molecule has 0 bridgehead atoms. The summed E-state index contributed by atoms with van der Waals surface area (Å²) in [5.41, 5.74) is 2.22. The third kappa shape index (κ3) is 3.24. The maximum Gasteiger partial charge on any atom is 0.288 e. The molecule has 0 spiro atoms. The van der Waals surface area contributed by atoms with Crippen LogP contribution in [0.2, 0.25) is 5.15 Å². The highest BCUT2D eigenvalue weighted by Gasteiger charge is 2.12. The van der Waals surface area contributed by atoms with Crippen molar-refractivity contribution in [2.45, 2.75) is 32.7 Å². The largest absolute Gasteiger partial charge is 0.307 e. The standard InChI is InChI=1S/C15H17ClN2O/c1-15(2,3)12-6-4-11(5-7-12)10-18-9-8-17-13(16)14(18)19/h4-9H,10H2,1-3H3. The fraction of sp³-hybridized carbons (Fsp3) is 0.333. The molecule has 0 radical (unpaired) electrons. The molecule has 19 heavy (non-hydrogen) atoms. The van der Waals surface area contributed by atoms with E-state index in [1.807, 2.05) is 12.1 Å². The number of hydrogen-bond acceptors (Lipinski definition) is 2. The van der Waals surface area contributed by atoms with Crippen LogP contribution < -0.4 is 5.56 Å². The Balaban J connectivity index is 2.25. The van der Waals surface area contributed by atoms with Crippen LogP contribution in [0.3, 0.4) is 0 Å². The summed E-state index contributed by atoms with van der Waals surface area (Å²) in [6, 6.07) is 8.29. The lowest BCUT2D eigenvalue weighted by Gasteiger charge is -2.19. The number of rotatable bonds is 2. The van der Waals surface area contributed by atoms with Gasteiger partial charge >= 0.3 is 0 Å². The molecule has 1 aromatic carbocycles. The van der Waals surface area contributed by atoms with E-state index in [9.17, 15) is 4.79 Å². The van der Waals surface area contributed by atoms with Crippen molar-refractivity contribution in [1.29, 1.82) is 0 Å². The molecule has 2 aromatic rings. The van der Waals surface area contributed by atoms with Gasteiger partial charge in [-0.3, -0.25) is 4.79 Å². The molecule has 3 nitrogen and oxygen atoms in total. The van der Waals surface area contributed by atoms with Gasteiger partial charge in [-0.05, 0) is 16.5 Å². The molecule has 0 fully saturated rings. The van der Waals surface area contributed by atoms with E-state index in [2.05, 4.69) is 37.9 Å². The zero-order valence-corrected chi connectivity index (χ0v) is 12.1. The zero-order valence-electron chi connectivity index (χ0n) is 11.4. The van der Waals surface area contributed by atoms with Crippen LogP contribution >= 0.6 is 11.6 Å². The summed E-state index contributed by atoms with van der Waals surface area (Å²) in [6.07, 6.45) is 3.18. The molecular formula is C15H17ClN2O. The first-order valence-corrected chi connectivity index (χ1v) is 6.56. The van der Waals surface area contributed by atoms with E-state index < -0.39 is 0 Å². The molecule has 4 heteroatoms. The lowest BCUT2D eigenvalue weighted by atomic mass is 9.87. The second-order valence-electron chi connectivity index (χ2n) is 5.60. The van der Waals surface area contributed by atoms with Crippen molar-refractivity contribution >= 4 is 11.6 Å². The lowest BCUT2D eigenvalue weighted by molar-refractivity contribution is 0.589. The van der Waals surface area contributed by atoms with E-state index in [0.29, 0.717) is 6.54 Å². The minimum Gasteiger partial charge on any atom is -0.307 e. The molecule has 0 aliphatic rings. The summed E-state index contributed by atoms with van der Waals surface area (Å²) >= 11 is 5.72. The number of hydrogen-bond donors (Lipinski definition) is 0. The Bertz CT molecular complexity index is 624. The average molecular weight is 277 g/mol. The minimum atomic E-state index is -0.260. The molecule has 0 saturated carbocycles. The summed E-state index contributed by atoms with van der Waals surface area (Å²) in [7, 11) is 0. The molecular weight excluding hydrogens is 260 g/mol. The van der Waals surface area contributed by atoms with Crippen molar-refractivity contribution in [3.05, 3.63) is 63.3 Å². The van der Waals surface area contributed by atoms with Crippen molar-refractivity contribution in [2.24, 2.45) is 0 Å². The molecule has 0 atom stereocenters. The first-order valence-electron chi connectivity index (χ1n) is 6.18. The predicted molar refractivity (Wildman–Crippen MR) is 77.8 cm³/mol. The highest BCUT2D eigenvalue weighted by Crippen LogP contribution is 2.22. The molecule has 0 aliphatic carbocycles. The van der Waals surface area contributed by atoms with E-state index >= 15 is 0 Å². The van der Waals surface area contributed by atoms with E-state index in [1.165, 1.54) is 11.8 Å². The Morgan fingerprint density at radius 2 is 1.84 bits per heavy atom. The second-order valence-corrected chi connectivity index (χ2v) is 5.96. The summed E-state index contributed by atoms with van der Waals surface area (Å²) in [5.74, 6) is 0. The topological polar surface area (TPSA) is 34.9 Å². The Morgan fingerprint density at radius 1 is 1.21 bits per heavy atom. The van der Waals surface area contributed by atoms with Gasteiger partial charge in [0.05, 0.1) is 6.54 Å². The minimum absolute atomic E-state index is 0.00816. The monoisotopic (exact) mass is 276 g/mol. The maximum atomic E-state index is 11.8. The lowest BCUT2D eigenvalue weighted by Crippen LogP contribution is -2.21. The third-order valence-electron chi connectivity index (χ3n) is 3.04. The van der Waals surface area contributed by atoms with Crippen molar-refractivity contribution in [2.75, 3.05) is 0 Å². The fourth-order valence-corrected chi connectivity index (χ4v) is 2.02. The van der Waals surface area contributed by atoms with E-state index in [1.54, 1.807) is 10.8 Å². The Labute approximate surface area is 117 Å². The second kappa shape index (κ2) is 5.17. The zero-order chi connectivity index (χ0) is 14.0. The van der Waals surface area contributed by atoms with Gasteiger partial charge in [-0.25, -0.2) is 4.98 Å². The van der Waals surface area contributed by atoms with Crippen LogP contribution in [0.1, 0.15) is 31.9 Å². The highest BCUT2D eigenvalue weighted by molar-refractivity contribution is 6.29. The van der Waals surface area contributed by atoms with Crippen LogP contribution in [0.25, 0.3) is 0 Å². The molecule has 100 valence electrons. The van der Waals surface area contributed by atoms with Crippen LogP contribution in [0.5, 0.6) is 0 Å². The summed E-state index contributed by atoms with van der Waals surface area (Å²) < 4.78 is 1.56. The van der Waals surface area contributed by atoms with E-state index in [0.717, 1.165) is 5.56 Å². The predicted octanol–water partition coefficient (Wildman–Crippen LogP) is 3.24. The van der Waals surface area contributed by atoms with Crippen LogP contribution in [0, 0.1) is 0 Å². The van der Waals surface area contributed by atoms with Crippen molar-refractivity contribution < 1.29 is 0 Å². The summed E-state index contributed by atoms with van der Waals surface area (Å²) in [5, 5.41) is 0.00816. The molecule has 0 saturated heterocycles. The highest BCUT2D eigenvalue weighted by atomic mass is 35.5. The van der Waals surface area contributed by atoms with Gasteiger partial charge in [-0.2, -0.15) is 0 Å². The molecule has 1 aromatic heterocycles. The molecule has 0 unspecified atom stereocenters. The van der Waals surface area contributed by atoms with Gasteiger partial charge in [-0.1, -0.05) is 56.6 Å². The SMILES string of the molecule is CC(C)(C)c1ccc(Cn2ccnc(Cl)c2=O)cc1. The van der Waals surface area contributed by atoms with Gasteiger partial charge < -0.3 is 4.57 Å². The van der Waals surface area contributed by atoms with Gasteiger partial charge in [0.15, 0.2) is 5.15 Å². The van der Waals surface area contributed by atoms with Crippen LogP contribution in [0.15, 0.2) is 41.5 Å². The number of benzene rings is 1. The Hall–Kier alpha value is -1.61. The van der Waals surface area contributed by atoms with Crippen molar-refractivity contribution in [3.8, 4) is 0 Å². The fourth-order valence-electron chi connectivity index (χ4n) is 1.85. The van der Waals surface area contributed by atoms with Gasteiger partial charge in [0.2, 0.25) is 0 Å². The molecule has 0 amide bonds. The maximum absolute atomic E-state index is 11.8. The Kier molecular flexibility index (Phi) is 3.76. The molecule has 1 heterocycles. The summed E-state index contributed by atoms with van der Waals surface area (Å²) in [6.45, 7) is 7.03. The van der Waals surface area contributed by atoms with Crippen molar-refractivity contribution in [1.82, 2.24) is 9.55 Å². The van der Waals surface area contributed by atoms with Gasteiger partial charge in [-0.15, -0.1) is 0 Å². The van der Waals surface area contributed by atoms with Crippen LogP contribution in [-0.4, -0.2) is 9.55 Å². The third-order valence-corrected chi connectivity index (χ3v) is 3.30. The first-order chi connectivity index (χ1) is 8.88. The van der Waals surface area contributed by atoms with E-state index in [-0.39, 0.29) is 16.1 Å². The van der Waals surface area contributed by atoms with Gasteiger partial charge in [0.1, 0.15) is 0 Å². The number of halogens is 1. The van der Waals surface area contributed by atoms with Crippen LogP contribution in [0.4, 0.5) is 0 Å². The quantitative estimate of drug-likeness (QED) is 0.844. The number of nitrogens with zero attached hydrogens (tertiary/aromatic N) is 2. The normalized spacial score (nSPS) is 11.6. The molecule has 2 rings (SSSR count). The first kappa shape index (κ1) is 13.8. The van der Waals surface area contributed by atoms with E-state index in [4.69, 9.17) is 11.6 Å². The van der Waals surface area contributed by atoms with Gasteiger partial charge in [0.25, 0.3) is 5.56 Å². The summed E-state index contributed by atoms with van der Waals surface area (Å²) in [4.78, 5) is 15.5.